The molecule has 0 aliphatic heterocycles. The molecule has 5 aliphatic rings. The first-order valence-electron chi connectivity index (χ1n) is 16.5. The van der Waals surface area contributed by atoms with Crippen molar-refractivity contribution >= 4 is 11.7 Å². The smallest absolute Gasteiger partial charge is 0.253 e. The molecule has 42 heavy (non-hydrogen) atoms. The maximum absolute atomic E-state index is 13.5. The molecule has 0 aromatic heterocycles. The van der Waals surface area contributed by atoms with Gasteiger partial charge in [-0.25, -0.2) is 4.39 Å². The molecule has 0 radical (unpaired) electrons. The van der Waals surface area contributed by atoms with Gasteiger partial charge in [0.25, 0.3) is 5.91 Å². The van der Waals surface area contributed by atoms with E-state index in [4.69, 9.17) is 0 Å². The third kappa shape index (κ3) is 3.80. The molecule has 1 amide bonds. The fraction of sp³-hybridized carbons (Fsp3) is 0.730. The van der Waals surface area contributed by atoms with E-state index in [0.29, 0.717) is 36.0 Å². The topological polar surface area (TPSA) is 66.4 Å². The number of Topliss-reactive ketones (excluding diaryl/α,β-unsaturated/α-hetero) is 1. The van der Waals surface area contributed by atoms with E-state index in [0.717, 1.165) is 44.1 Å². The zero-order valence-electron chi connectivity index (χ0n) is 27.1. The first kappa shape index (κ1) is 30.0. The molecule has 2 N–H and O–H groups in total. The number of carbonyl (C=O) groups is 2. The van der Waals surface area contributed by atoms with E-state index >= 15 is 0 Å². The van der Waals surface area contributed by atoms with Crippen LogP contribution < -0.4 is 5.32 Å². The van der Waals surface area contributed by atoms with Gasteiger partial charge in [-0.1, -0.05) is 61.0 Å². The van der Waals surface area contributed by atoms with E-state index in [2.05, 4.69) is 60.7 Å². The number of fused-ring (bicyclic) bond motifs is 7. The van der Waals surface area contributed by atoms with Crippen molar-refractivity contribution in [2.75, 3.05) is 0 Å². The highest BCUT2D eigenvalue weighted by Crippen LogP contribution is 2.77. The summed E-state index contributed by atoms with van der Waals surface area (Å²) in [5, 5.41) is 15.1. The largest absolute Gasteiger partial charge is 0.370 e. The summed E-state index contributed by atoms with van der Waals surface area (Å²) in [6.07, 6.45) is 8.73. The van der Waals surface area contributed by atoms with E-state index in [1.54, 1.807) is 0 Å². The van der Waals surface area contributed by atoms with Crippen molar-refractivity contribution in [1.29, 1.82) is 0 Å². The van der Waals surface area contributed by atoms with Crippen LogP contribution in [0.5, 0.6) is 0 Å². The number of aliphatic hydroxyl groups is 1. The summed E-state index contributed by atoms with van der Waals surface area (Å²) in [5.74, 6) is 1.17. The van der Waals surface area contributed by atoms with Crippen molar-refractivity contribution in [2.24, 2.45) is 50.7 Å². The Morgan fingerprint density at radius 1 is 0.881 bits per heavy atom. The molecule has 8 atom stereocenters. The molecule has 4 fully saturated rings. The van der Waals surface area contributed by atoms with E-state index in [1.165, 1.54) is 36.3 Å². The highest BCUT2D eigenvalue weighted by atomic mass is 19.1. The highest BCUT2D eigenvalue weighted by Gasteiger charge is 2.71. The lowest BCUT2D eigenvalue weighted by Crippen LogP contribution is -2.71. The summed E-state index contributed by atoms with van der Waals surface area (Å²) in [6, 6.07) is 5.53. The molecular weight excluding hydrogens is 525 g/mol. The van der Waals surface area contributed by atoms with E-state index in [9.17, 15) is 19.1 Å². The molecule has 5 heteroatoms. The highest BCUT2D eigenvalue weighted by molar-refractivity contribution is 6.00. The minimum atomic E-state index is -1.34. The molecule has 1 aromatic carbocycles. The molecule has 5 aliphatic carbocycles. The number of hydrogen-bond acceptors (Lipinski definition) is 3. The lowest BCUT2D eigenvalue weighted by molar-refractivity contribution is -0.256. The predicted octanol–water partition coefficient (Wildman–Crippen LogP) is 8.24. The average molecular weight is 578 g/mol. The zero-order chi connectivity index (χ0) is 30.7. The monoisotopic (exact) mass is 577 g/mol. The fourth-order valence-corrected chi connectivity index (χ4v) is 11.9. The van der Waals surface area contributed by atoms with Gasteiger partial charge in [0.1, 0.15) is 11.5 Å². The van der Waals surface area contributed by atoms with Crippen molar-refractivity contribution in [3.8, 4) is 0 Å². The van der Waals surface area contributed by atoms with Crippen LogP contribution in [0.1, 0.15) is 124 Å². The van der Waals surface area contributed by atoms with Gasteiger partial charge in [-0.05, 0) is 127 Å². The standard InChI is InChI=1S/C37H52FNO3/c1-22(2)29-26(40)21-33(5)17-19-35(7)25(30(29)33)13-14-28-34(6)18-20-37(42,32(3,4)27(34)15-16-36(28,35)8)39-31(41)23-9-11-24(38)12-10-23/h9-12,22,25,27-28,42H,13-21H2,1-8H3,(H,39,41)/t25-,27+,28-,33+,34+,35-,36-,37+/m1/s1. The summed E-state index contributed by atoms with van der Waals surface area (Å²) >= 11 is 0. The average Bonchev–Trinajstić information content (AvgIpc) is 3.18. The molecule has 0 unspecified atom stereocenters. The maximum Gasteiger partial charge on any atom is 0.253 e. The normalized spacial score (nSPS) is 44.3. The number of rotatable bonds is 3. The van der Waals surface area contributed by atoms with Gasteiger partial charge in [-0.15, -0.1) is 0 Å². The third-order valence-corrected chi connectivity index (χ3v) is 14.4. The molecule has 1 aromatic rings. The van der Waals surface area contributed by atoms with Crippen molar-refractivity contribution in [1.82, 2.24) is 5.32 Å². The zero-order valence-corrected chi connectivity index (χ0v) is 27.1. The molecule has 4 nitrogen and oxygen atoms in total. The Hall–Kier alpha value is -2.01. The molecule has 0 spiro atoms. The Morgan fingerprint density at radius 2 is 1.55 bits per heavy atom. The Kier molecular flexibility index (Phi) is 6.62. The van der Waals surface area contributed by atoms with Gasteiger partial charge in [0.05, 0.1) is 0 Å². The molecule has 4 saturated carbocycles. The second-order valence-electron chi connectivity index (χ2n) is 16.8. The van der Waals surface area contributed by atoms with Gasteiger partial charge in [-0.3, -0.25) is 9.59 Å². The van der Waals surface area contributed by atoms with Gasteiger partial charge in [-0.2, -0.15) is 0 Å². The summed E-state index contributed by atoms with van der Waals surface area (Å²) < 4.78 is 13.5. The number of halogens is 1. The summed E-state index contributed by atoms with van der Waals surface area (Å²) in [7, 11) is 0. The van der Waals surface area contributed by atoms with Crippen molar-refractivity contribution in [3.05, 3.63) is 46.8 Å². The van der Waals surface area contributed by atoms with Crippen molar-refractivity contribution in [3.63, 3.8) is 0 Å². The van der Waals surface area contributed by atoms with Crippen LogP contribution in [-0.4, -0.2) is 22.5 Å². The van der Waals surface area contributed by atoms with Crippen LogP contribution in [0.2, 0.25) is 0 Å². The quantitative estimate of drug-likeness (QED) is 0.356. The number of amides is 1. The van der Waals surface area contributed by atoms with Crippen LogP contribution in [0.15, 0.2) is 35.4 Å². The van der Waals surface area contributed by atoms with Crippen LogP contribution in [0.25, 0.3) is 0 Å². The summed E-state index contributed by atoms with van der Waals surface area (Å²) in [5.41, 5.74) is 1.50. The second-order valence-corrected chi connectivity index (χ2v) is 16.8. The van der Waals surface area contributed by atoms with Gasteiger partial charge in [0.15, 0.2) is 5.78 Å². The van der Waals surface area contributed by atoms with Gasteiger partial charge < -0.3 is 10.4 Å². The number of carbonyl (C=O) groups excluding carboxylic acids is 2. The van der Waals surface area contributed by atoms with E-state index in [1.807, 2.05) is 0 Å². The van der Waals surface area contributed by atoms with Crippen LogP contribution in [0.4, 0.5) is 4.39 Å². The Bertz CT molecular complexity index is 1350. The third-order valence-electron chi connectivity index (χ3n) is 14.4. The summed E-state index contributed by atoms with van der Waals surface area (Å²) in [4.78, 5) is 26.6. The number of benzene rings is 1. The van der Waals surface area contributed by atoms with Crippen molar-refractivity contribution < 1.29 is 19.1 Å². The molecule has 0 bridgehead atoms. The number of ketones is 1. The predicted molar refractivity (Wildman–Crippen MR) is 164 cm³/mol. The lowest BCUT2D eigenvalue weighted by Gasteiger charge is -2.73. The van der Waals surface area contributed by atoms with E-state index < -0.39 is 11.1 Å². The Balaban J connectivity index is 1.32. The Labute approximate surface area is 252 Å². The van der Waals surface area contributed by atoms with E-state index in [-0.39, 0.29) is 45.2 Å². The Morgan fingerprint density at radius 3 is 2.19 bits per heavy atom. The molecule has 6 rings (SSSR count). The first-order valence-corrected chi connectivity index (χ1v) is 16.5. The molecule has 230 valence electrons. The van der Waals surface area contributed by atoms with Crippen molar-refractivity contribution in [2.45, 2.75) is 119 Å². The van der Waals surface area contributed by atoms with Gasteiger partial charge >= 0.3 is 0 Å². The fourth-order valence-electron chi connectivity index (χ4n) is 11.9. The molecular formula is C37H52FNO3. The van der Waals surface area contributed by atoms with Crippen LogP contribution in [-0.2, 0) is 4.79 Å². The lowest BCUT2D eigenvalue weighted by atomic mass is 9.32. The minimum Gasteiger partial charge on any atom is -0.370 e. The second kappa shape index (κ2) is 9.25. The van der Waals surface area contributed by atoms with Crippen LogP contribution in [0, 0.1) is 56.6 Å². The number of allylic oxidation sites excluding steroid dienone is 2. The maximum atomic E-state index is 13.5. The minimum absolute atomic E-state index is 0.0250. The number of nitrogens with one attached hydrogen (secondary N) is 1. The summed E-state index contributed by atoms with van der Waals surface area (Å²) in [6.45, 7) is 18.7. The van der Waals surface area contributed by atoms with Crippen LogP contribution in [0.3, 0.4) is 0 Å². The molecule has 0 saturated heterocycles. The molecule has 0 heterocycles. The first-order chi connectivity index (χ1) is 19.4. The number of hydrogen-bond donors (Lipinski definition) is 2. The van der Waals surface area contributed by atoms with Crippen LogP contribution >= 0.6 is 0 Å². The SMILES string of the molecule is CC(C)C1=C2[C@H]3CC[C@@H]4[C@@]5(C)CC[C@@](O)(NC(=O)c6ccc(F)cc6)C(C)(C)[C@@H]5CC[C@@]4(C)[C@]3(C)CC[C@@]2(C)CC1=O. The van der Waals surface area contributed by atoms with Gasteiger partial charge in [0.2, 0.25) is 0 Å². The van der Waals surface area contributed by atoms with Gasteiger partial charge in [0, 0.05) is 17.4 Å².